The van der Waals surface area contributed by atoms with Crippen molar-refractivity contribution in [1.82, 2.24) is 9.29 Å². The molecule has 1 aromatic heterocycles. The maximum atomic E-state index is 12.7. The zero-order valence-electron chi connectivity index (χ0n) is 12.2. The summed E-state index contributed by atoms with van der Waals surface area (Å²) in [6.45, 7) is 0.199. The minimum Gasteiger partial charge on any atom is -0.497 e. The molecule has 0 saturated carbocycles. The van der Waals surface area contributed by atoms with Crippen molar-refractivity contribution in [2.45, 2.75) is 11.3 Å². The van der Waals surface area contributed by atoms with Crippen LogP contribution in [0.25, 0.3) is 0 Å². The van der Waals surface area contributed by atoms with Gasteiger partial charge in [0.15, 0.2) is 0 Å². The summed E-state index contributed by atoms with van der Waals surface area (Å²) in [6.07, 6.45) is 0.723. The highest BCUT2D eigenvalue weighted by Crippen LogP contribution is 2.25. The average molecular weight is 403 g/mol. The highest BCUT2D eigenvalue weighted by molar-refractivity contribution is 9.10. The number of nitrogens with zero attached hydrogens (tertiary/aromatic N) is 1. The number of methoxy groups -OCH3 is 1. The standard InChI is InChI=1S/C14H15BrN2O5S/c1-22-11-3-2-4-12(8-11)23(20,21)17-9-10(7-13(17)15)5-6-16-14(18)19/h2-4,7-9,16H,5-6H2,1H3,(H,18,19). The Hall–Kier alpha value is -2.00. The molecular formula is C14H15BrN2O5S. The van der Waals surface area contributed by atoms with E-state index >= 15 is 0 Å². The quantitative estimate of drug-likeness (QED) is 0.772. The largest absolute Gasteiger partial charge is 0.497 e. The lowest BCUT2D eigenvalue weighted by atomic mass is 10.2. The molecule has 0 unspecified atom stereocenters. The van der Waals surface area contributed by atoms with Gasteiger partial charge in [-0.25, -0.2) is 17.2 Å². The number of hydrogen-bond acceptors (Lipinski definition) is 4. The van der Waals surface area contributed by atoms with E-state index < -0.39 is 16.1 Å². The van der Waals surface area contributed by atoms with Crippen molar-refractivity contribution in [1.29, 1.82) is 0 Å². The predicted octanol–water partition coefficient (Wildman–Crippen LogP) is 2.31. The van der Waals surface area contributed by atoms with Gasteiger partial charge in [-0.15, -0.1) is 0 Å². The van der Waals surface area contributed by atoms with Gasteiger partial charge in [0, 0.05) is 18.8 Å². The van der Waals surface area contributed by atoms with E-state index in [1.807, 2.05) is 0 Å². The summed E-state index contributed by atoms with van der Waals surface area (Å²) < 4.78 is 31.9. The lowest BCUT2D eigenvalue weighted by Crippen LogP contribution is -2.23. The van der Waals surface area contributed by atoms with Crippen LogP contribution < -0.4 is 10.1 Å². The van der Waals surface area contributed by atoms with Crippen molar-refractivity contribution in [3.63, 3.8) is 0 Å². The second-order valence-electron chi connectivity index (χ2n) is 4.63. The Morgan fingerprint density at radius 1 is 1.39 bits per heavy atom. The number of hydrogen-bond donors (Lipinski definition) is 2. The third-order valence-electron chi connectivity index (χ3n) is 3.09. The Bertz CT molecular complexity index is 816. The van der Waals surface area contributed by atoms with Gasteiger partial charge in [-0.2, -0.15) is 0 Å². The first-order valence-corrected chi connectivity index (χ1v) is 8.81. The first kappa shape index (κ1) is 17.4. The van der Waals surface area contributed by atoms with Crippen LogP contribution in [-0.4, -0.2) is 37.2 Å². The van der Waals surface area contributed by atoms with Gasteiger partial charge in [0.1, 0.15) is 10.4 Å². The normalized spacial score (nSPS) is 11.2. The Balaban J connectivity index is 2.29. The Morgan fingerprint density at radius 3 is 2.78 bits per heavy atom. The fraction of sp³-hybridized carbons (Fsp3) is 0.214. The van der Waals surface area contributed by atoms with E-state index in [2.05, 4.69) is 21.2 Å². The van der Waals surface area contributed by atoms with Crippen LogP contribution in [0.2, 0.25) is 0 Å². The van der Waals surface area contributed by atoms with Crippen molar-refractivity contribution < 1.29 is 23.1 Å². The van der Waals surface area contributed by atoms with E-state index in [0.717, 1.165) is 3.97 Å². The molecule has 9 heteroatoms. The van der Waals surface area contributed by atoms with Gasteiger partial charge in [-0.1, -0.05) is 6.07 Å². The second kappa shape index (κ2) is 7.05. The van der Waals surface area contributed by atoms with Gasteiger partial charge in [-0.05, 0) is 46.1 Å². The predicted molar refractivity (Wildman–Crippen MR) is 87.4 cm³/mol. The SMILES string of the molecule is COc1cccc(S(=O)(=O)n2cc(CCNC(=O)O)cc2Br)c1. The highest BCUT2D eigenvalue weighted by atomic mass is 79.9. The van der Waals surface area contributed by atoms with Crippen LogP contribution in [0.1, 0.15) is 5.56 Å². The van der Waals surface area contributed by atoms with Crippen LogP contribution in [0.15, 0.2) is 46.0 Å². The molecule has 0 atom stereocenters. The first-order valence-electron chi connectivity index (χ1n) is 6.58. The van der Waals surface area contributed by atoms with Crippen LogP contribution in [0.3, 0.4) is 0 Å². The number of halogens is 1. The van der Waals surface area contributed by atoms with E-state index in [-0.39, 0.29) is 11.4 Å². The smallest absolute Gasteiger partial charge is 0.404 e. The van der Waals surface area contributed by atoms with Gasteiger partial charge in [0.25, 0.3) is 10.0 Å². The molecule has 2 aromatic rings. The van der Waals surface area contributed by atoms with Crippen molar-refractivity contribution >= 4 is 32.0 Å². The molecule has 1 heterocycles. The summed E-state index contributed by atoms with van der Waals surface area (Å²) in [6, 6.07) is 7.82. The average Bonchev–Trinajstić information content (AvgIpc) is 2.88. The van der Waals surface area contributed by atoms with E-state index in [4.69, 9.17) is 9.84 Å². The number of carbonyl (C=O) groups is 1. The number of nitrogens with one attached hydrogen (secondary N) is 1. The van der Waals surface area contributed by atoms with Crippen LogP contribution in [0, 0.1) is 0 Å². The number of rotatable bonds is 6. The van der Waals surface area contributed by atoms with Crippen molar-refractivity contribution in [2.75, 3.05) is 13.7 Å². The molecule has 0 aliphatic carbocycles. The van der Waals surface area contributed by atoms with Gasteiger partial charge in [0.2, 0.25) is 0 Å². The molecule has 0 saturated heterocycles. The zero-order chi connectivity index (χ0) is 17.0. The monoisotopic (exact) mass is 402 g/mol. The molecule has 0 fully saturated rings. The van der Waals surface area contributed by atoms with E-state index in [0.29, 0.717) is 22.3 Å². The maximum Gasteiger partial charge on any atom is 0.404 e. The van der Waals surface area contributed by atoms with E-state index in [1.54, 1.807) is 18.2 Å². The number of amides is 1. The zero-order valence-corrected chi connectivity index (χ0v) is 14.6. The molecule has 2 N–H and O–H groups in total. The Kier molecular flexibility index (Phi) is 5.32. The summed E-state index contributed by atoms with van der Waals surface area (Å²) in [7, 11) is -2.31. The molecule has 0 bridgehead atoms. The van der Waals surface area contributed by atoms with Crippen LogP contribution in [0.5, 0.6) is 5.75 Å². The molecule has 7 nitrogen and oxygen atoms in total. The van der Waals surface area contributed by atoms with Crippen LogP contribution >= 0.6 is 15.9 Å². The minimum atomic E-state index is -3.77. The lowest BCUT2D eigenvalue weighted by Gasteiger charge is -2.08. The summed E-state index contributed by atoms with van der Waals surface area (Å²) >= 11 is 3.22. The fourth-order valence-corrected chi connectivity index (χ4v) is 4.24. The maximum absolute atomic E-state index is 12.7. The molecule has 0 aliphatic rings. The van der Waals surface area contributed by atoms with Crippen molar-refractivity contribution in [3.8, 4) is 5.75 Å². The van der Waals surface area contributed by atoms with E-state index in [1.165, 1.54) is 25.4 Å². The number of ether oxygens (including phenoxy) is 1. The molecular weight excluding hydrogens is 388 g/mol. The molecule has 0 radical (unpaired) electrons. The number of benzene rings is 1. The third-order valence-corrected chi connectivity index (χ3v) is 5.60. The Morgan fingerprint density at radius 2 is 2.13 bits per heavy atom. The van der Waals surface area contributed by atoms with Gasteiger partial charge in [0.05, 0.1) is 12.0 Å². The fourth-order valence-electron chi connectivity index (χ4n) is 1.98. The number of aromatic nitrogens is 1. The molecule has 0 aliphatic heterocycles. The molecule has 1 amide bonds. The lowest BCUT2D eigenvalue weighted by molar-refractivity contribution is 0.194. The summed E-state index contributed by atoms with van der Waals surface area (Å²) in [5.74, 6) is 0.445. The van der Waals surface area contributed by atoms with Gasteiger partial charge >= 0.3 is 6.09 Å². The third kappa shape index (κ3) is 4.05. The number of carboxylic acid groups (broad SMARTS) is 1. The molecule has 124 valence electrons. The summed E-state index contributed by atoms with van der Waals surface area (Å²) in [4.78, 5) is 10.5. The van der Waals surface area contributed by atoms with E-state index in [9.17, 15) is 13.2 Å². The summed E-state index contributed by atoms with van der Waals surface area (Å²) in [5.41, 5.74) is 0.692. The second-order valence-corrected chi connectivity index (χ2v) is 7.26. The first-order chi connectivity index (χ1) is 10.8. The molecule has 23 heavy (non-hydrogen) atoms. The minimum absolute atomic E-state index is 0.100. The summed E-state index contributed by atoms with van der Waals surface area (Å²) in [5, 5.41) is 10.8. The van der Waals surface area contributed by atoms with Gasteiger partial charge in [-0.3, -0.25) is 0 Å². The van der Waals surface area contributed by atoms with Crippen molar-refractivity contribution in [3.05, 3.63) is 46.7 Å². The van der Waals surface area contributed by atoms with Crippen LogP contribution in [-0.2, 0) is 16.4 Å². The molecule has 0 spiro atoms. The van der Waals surface area contributed by atoms with Crippen molar-refractivity contribution in [2.24, 2.45) is 0 Å². The topological polar surface area (TPSA) is 97.6 Å². The highest BCUT2D eigenvalue weighted by Gasteiger charge is 2.20. The molecule has 2 rings (SSSR count). The van der Waals surface area contributed by atoms with Gasteiger partial charge < -0.3 is 15.2 Å². The van der Waals surface area contributed by atoms with Crippen LogP contribution in [0.4, 0.5) is 4.79 Å². The Labute approximate surface area is 142 Å². The molecule has 1 aromatic carbocycles.